The molecule has 1 aliphatic heterocycles. The Hall–Kier alpha value is -2.63. The minimum atomic E-state index is -0.876. The third kappa shape index (κ3) is 3.29. The molecule has 6 heteroatoms. The van der Waals surface area contributed by atoms with Crippen molar-refractivity contribution in [2.45, 2.75) is 33.4 Å². The maximum absolute atomic E-state index is 12.4. The number of carboxylic acid groups (broad SMARTS) is 1. The Morgan fingerprint density at radius 3 is 2.76 bits per heavy atom. The normalized spacial score (nSPS) is 19.1. The van der Waals surface area contributed by atoms with Gasteiger partial charge in [-0.1, -0.05) is 39.0 Å². The molecule has 2 heterocycles. The lowest BCUT2D eigenvalue weighted by Crippen LogP contribution is -2.47. The van der Waals surface area contributed by atoms with Crippen LogP contribution in [0.4, 0.5) is 4.79 Å². The van der Waals surface area contributed by atoms with Crippen molar-refractivity contribution < 1.29 is 14.7 Å². The molecule has 25 heavy (non-hydrogen) atoms. The zero-order chi connectivity index (χ0) is 18.2. The topological polar surface area (TPSA) is 82.5 Å². The summed E-state index contributed by atoms with van der Waals surface area (Å²) in [6.07, 6.45) is 1.72. The Bertz CT molecular complexity index is 808. The van der Waals surface area contributed by atoms with Crippen LogP contribution in [0.5, 0.6) is 0 Å². The third-order valence-corrected chi connectivity index (χ3v) is 4.79. The van der Waals surface area contributed by atoms with Gasteiger partial charge in [-0.15, -0.1) is 0 Å². The molecule has 0 bridgehead atoms. The van der Waals surface area contributed by atoms with E-state index in [0.717, 1.165) is 16.5 Å². The second-order valence-corrected chi connectivity index (χ2v) is 7.55. The van der Waals surface area contributed by atoms with Gasteiger partial charge in [-0.3, -0.25) is 9.78 Å². The number of aliphatic carboxylic acids is 1. The van der Waals surface area contributed by atoms with Gasteiger partial charge in [-0.2, -0.15) is 0 Å². The number of para-hydroxylation sites is 1. The average Bonchev–Trinajstić information content (AvgIpc) is 2.87. The molecular formula is C19H23N3O3. The highest BCUT2D eigenvalue weighted by molar-refractivity contribution is 5.84. The van der Waals surface area contributed by atoms with E-state index in [4.69, 9.17) is 0 Å². The first-order valence-electron chi connectivity index (χ1n) is 8.39. The van der Waals surface area contributed by atoms with Gasteiger partial charge in [0.2, 0.25) is 0 Å². The van der Waals surface area contributed by atoms with Crippen LogP contribution in [0.1, 0.15) is 26.3 Å². The van der Waals surface area contributed by atoms with Crippen LogP contribution in [0.3, 0.4) is 0 Å². The van der Waals surface area contributed by atoms with Gasteiger partial charge in [0, 0.05) is 24.7 Å². The fourth-order valence-electron chi connectivity index (χ4n) is 3.63. The van der Waals surface area contributed by atoms with E-state index in [9.17, 15) is 14.7 Å². The summed E-state index contributed by atoms with van der Waals surface area (Å²) < 4.78 is 0. The number of nitrogens with one attached hydrogen (secondary N) is 1. The van der Waals surface area contributed by atoms with Crippen molar-refractivity contribution in [2.24, 2.45) is 11.3 Å². The van der Waals surface area contributed by atoms with Crippen LogP contribution in [-0.2, 0) is 11.3 Å². The summed E-state index contributed by atoms with van der Waals surface area (Å²) in [4.78, 5) is 30.2. The number of nitrogens with zero attached hydrogens (tertiary/aromatic N) is 2. The molecule has 6 nitrogen and oxygen atoms in total. The van der Waals surface area contributed by atoms with Crippen LogP contribution in [0.2, 0.25) is 0 Å². The second-order valence-electron chi connectivity index (χ2n) is 7.55. The lowest BCUT2D eigenvalue weighted by Gasteiger charge is -2.35. The number of benzene rings is 1. The van der Waals surface area contributed by atoms with Gasteiger partial charge in [0.15, 0.2) is 0 Å². The van der Waals surface area contributed by atoms with Gasteiger partial charge in [0.1, 0.15) is 0 Å². The average molecular weight is 341 g/mol. The van der Waals surface area contributed by atoms with E-state index >= 15 is 0 Å². The van der Waals surface area contributed by atoms with E-state index in [-0.39, 0.29) is 6.03 Å². The fraction of sp³-hybridized carbons (Fsp3) is 0.421. The minimum Gasteiger partial charge on any atom is -0.481 e. The quantitative estimate of drug-likeness (QED) is 0.896. The van der Waals surface area contributed by atoms with Crippen molar-refractivity contribution in [3.8, 4) is 0 Å². The Labute approximate surface area is 146 Å². The highest BCUT2D eigenvalue weighted by atomic mass is 16.4. The summed E-state index contributed by atoms with van der Waals surface area (Å²) in [5.74, 6) is -1.53. The largest absolute Gasteiger partial charge is 0.481 e. The Morgan fingerprint density at radius 1 is 1.36 bits per heavy atom. The van der Waals surface area contributed by atoms with Gasteiger partial charge in [-0.05, 0) is 23.1 Å². The highest BCUT2D eigenvalue weighted by Gasteiger charge is 2.45. The molecule has 2 aromatic rings. The molecule has 0 aliphatic carbocycles. The van der Waals surface area contributed by atoms with Crippen molar-refractivity contribution in [1.82, 2.24) is 15.2 Å². The number of rotatable bonds is 4. The number of carbonyl (C=O) groups excluding carboxylic acids is 1. The van der Waals surface area contributed by atoms with Crippen molar-refractivity contribution >= 4 is 22.9 Å². The summed E-state index contributed by atoms with van der Waals surface area (Å²) in [6.45, 7) is 6.40. The molecule has 0 saturated carbocycles. The van der Waals surface area contributed by atoms with E-state index < -0.39 is 23.3 Å². The van der Waals surface area contributed by atoms with E-state index in [1.54, 1.807) is 11.1 Å². The first-order valence-corrected chi connectivity index (χ1v) is 8.39. The molecule has 0 spiro atoms. The number of hydrogen-bond donors (Lipinski definition) is 2. The first-order chi connectivity index (χ1) is 11.8. The van der Waals surface area contributed by atoms with Crippen LogP contribution in [0, 0.1) is 11.3 Å². The molecule has 2 atom stereocenters. The number of aromatic nitrogens is 1. The molecule has 3 rings (SSSR count). The summed E-state index contributed by atoms with van der Waals surface area (Å²) >= 11 is 0. The lowest BCUT2D eigenvalue weighted by atomic mass is 9.76. The second kappa shape index (κ2) is 6.35. The number of amides is 2. The third-order valence-electron chi connectivity index (χ3n) is 4.79. The molecule has 1 aliphatic rings. The van der Waals surface area contributed by atoms with Crippen LogP contribution < -0.4 is 5.32 Å². The summed E-state index contributed by atoms with van der Waals surface area (Å²) in [7, 11) is 0. The lowest BCUT2D eigenvalue weighted by molar-refractivity contribution is -0.148. The first kappa shape index (κ1) is 17.2. The molecule has 132 valence electrons. The Morgan fingerprint density at radius 2 is 2.08 bits per heavy atom. The molecule has 1 aromatic heterocycles. The maximum Gasteiger partial charge on any atom is 0.318 e. The molecule has 1 aromatic carbocycles. The number of fused-ring (bicyclic) bond motifs is 1. The van der Waals surface area contributed by atoms with E-state index in [1.807, 2.05) is 51.1 Å². The SMILES string of the molecule is CC(C)(C)[C@H](C(=O)O)C1CNC(=O)N1Cc1ccnc2ccccc12. The van der Waals surface area contributed by atoms with Crippen molar-refractivity contribution in [1.29, 1.82) is 0 Å². The van der Waals surface area contributed by atoms with Crippen LogP contribution in [-0.4, -0.2) is 39.6 Å². The molecular weight excluding hydrogens is 318 g/mol. The van der Waals surface area contributed by atoms with E-state index in [0.29, 0.717) is 13.1 Å². The monoisotopic (exact) mass is 341 g/mol. The summed E-state index contributed by atoms with van der Waals surface area (Å²) in [6, 6.07) is 9.03. The highest BCUT2D eigenvalue weighted by Crippen LogP contribution is 2.34. The van der Waals surface area contributed by atoms with Gasteiger partial charge < -0.3 is 15.3 Å². The summed E-state index contributed by atoms with van der Waals surface area (Å²) in [5.41, 5.74) is 1.37. The van der Waals surface area contributed by atoms with Crippen molar-refractivity contribution in [2.75, 3.05) is 6.54 Å². The van der Waals surface area contributed by atoms with Crippen molar-refractivity contribution in [3.05, 3.63) is 42.1 Å². The fourth-order valence-corrected chi connectivity index (χ4v) is 3.63. The van der Waals surface area contributed by atoms with Crippen LogP contribution in [0.15, 0.2) is 36.5 Å². The Balaban J connectivity index is 1.96. The Kier molecular flexibility index (Phi) is 4.37. The van der Waals surface area contributed by atoms with E-state index in [1.165, 1.54) is 0 Å². The molecule has 2 amide bonds. The molecule has 1 fully saturated rings. The zero-order valence-electron chi connectivity index (χ0n) is 14.7. The molecule has 1 unspecified atom stereocenters. The minimum absolute atomic E-state index is 0.221. The molecule has 2 N–H and O–H groups in total. The predicted molar refractivity (Wildman–Crippen MR) is 95.1 cm³/mol. The zero-order valence-corrected chi connectivity index (χ0v) is 14.7. The summed E-state index contributed by atoms with van der Waals surface area (Å²) in [5, 5.41) is 13.5. The predicted octanol–water partition coefficient (Wildman–Crippen LogP) is 2.88. The maximum atomic E-state index is 12.4. The van der Waals surface area contributed by atoms with Gasteiger partial charge in [-0.25, -0.2) is 4.79 Å². The van der Waals surface area contributed by atoms with Crippen molar-refractivity contribution in [3.63, 3.8) is 0 Å². The smallest absolute Gasteiger partial charge is 0.318 e. The van der Waals surface area contributed by atoms with Gasteiger partial charge in [0.05, 0.1) is 17.5 Å². The standard InChI is InChI=1S/C19H23N3O3/c1-19(2,3)16(17(23)24)15-10-21-18(25)22(15)11-12-8-9-20-14-7-5-4-6-13(12)14/h4-9,15-16H,10-11H2,1-3H3,(H,21,25)(H,23,24)/t15?,16-/m0/s1. The number of carbonyl (C=O) groups is 2. The van der Waals surface area contributed by atoms with Crippen LogP contribution >= 0.6 is 0 Å². The van der Waals surface area contributed by atoms with Gasteiger partial charge in [0.25, 0.3) is 0 Å². The number of urea groups is 1. The van der Waals surface area contributed by atoms with E-state index in [2.05, 4.69) is 10.3 Å². The number of pyridine rings is 1. The van der Waals surface area contributed by atoms with Gasteiger partial charge >= 0.3 is 12.0 Å². The molecule has 0 radical (unpaired) electrons. The number of hydrogen-bond acceptors (Lipinski definition) is 3. The molecule has 1 saturated heterocycles. The number of carboxylic acids is 1. The van der Waals surface area contributed by atoms with Crippen LogP contribution in [0.25, 0.3) is 10.9 Å².